The van der Waals surface area contributed by atoms with Crippen LogP contribution in [0.1, 0.15) is 194 Å². The molecule has 0 aromatic rings. The van der Waals surface area contributed by atoms with Gasteiger partial charge in [0.1, 0.15) is 72.1 Å². The van der Waals surface area contributed by atoms with E-state index >= 15 is 56.7 Å². The van der Waals surface area contributed by atoms with Gasteiger partial charge in [-0.3, -0.25) is 57.5 Å². The van der Waals surface area contributed by atoms with Crippen LogP contribution in [0.3, 0.4) is 0 Å². The monoisotopic (exact) mass is 1700 g/mol. The van der Waals surface area contributed by atoms with Gasteiger partial charge in [0, 0.05) is 86.9 Å². The van der Waals surface area contributed by atoms with Crippen LogP contribution in [0, 0.1) is 41.4 Å². The number of fused-ring (bicyclic) bond motifs is 3. The molecule has 15 atom stereocenters. The SMILES string of the molecule is CCO[C@@H]1C[C@H]2C(=O)NC3(CCC3)C(=O)N(C)[C@@H](C3CCCC3)C(=O)N(C)[C@H](C(=O)N3CCOCC3)CC(=O)N(C)[C@@H](CC3CCC(Cl)C(Cl)C3)C(=O)N[C@@H]([C@@H](C)CC)C(=O)N(C)CC(=O)N(C)[C@H]3CCCCCN(C3=O)[C@@H](CC3CCC(C(F)(F)F)CC3)C(=O)N(C)CC(=O)N[C@@H](CCC3CC(F)C(C(F)(F)F)C(F)C3)C(=O)N2C1. The van der Waals surface area contributed by atoms with E-state index in [-0.39, 0.29) is 123 Å². The lowest BCUT2D eigenvalue weighted by Crippen LogP contribution is -2.68. The highest BCUT2D eigenvalue weighted by molar-refractivity contribution is 6.30. The van der Waals surface area contributed by atoms with Crippen LogP contribution >= 0.6 is 23.2 Å². The van der Waals surface area contributed by atoms with Crippen molar-refractivity contribution in [2.24, 2.45) is 41.4 Å². The summed E-state index contributed by atoms with van der Waals surface area (Å²) in [6, 6.07) is -11.5. The summed E-state index contributed by atoms with van der Waals surface area (Å²) in [4.78, 5) is 195. The highest BCUT2D eigenvalue weighted by Gasteiger charge is 2.57. The van der Waals surface area contributed by atoms with Crippen molar-refractivity contribution in [2.75, 3.05) is 101 Å². The number of morpholine rings is 1. The summed E-state index contributed by atoms with van der Waals surface area (Å²) >= 11 is 13.4. The van der Waals surface area contributed by atoms with Gasteiger partial charge in [-0.25, -0.2) is 8.78 Å². The first kappa shape index (κ1) is 93.4. The second-order valence-corrected chi connectivity index (χ2v) is 35.7. The van der Waals surface area contributed by atoms with Crippen molar-refractivity contribution in [3.05, 3.63) is 0 Å². The molecule has 4 heterocycles. The molecule has 5 saturated carbocycles. The number of rotatable bonds is 13. The average molecular weight is 1700 g/mol. The van der Waals surface area contributed by atoms with Crippen molar-refractivity contribution in [1.82, 2.24) is 60.0 Å². The molecule has 4 aliphatic heterocycles. The second-order valence-electron chi connectivity index (χ2n) is 34.5. The summed E-state index contributed by atoms with van der Waals surface area (Å²) in [7, 11) is 8.10. The lowest BCUT2D eigenvalue weighted by Gasteiger charge is -2.47. The van der Waals surface area contributed by atoms with Gasteiger partial charge in [-0.05, 0) is 165 Å². The summed E-state index contributed by atoms with van der Waals surface area (Å²) in [6.07, 6.45) is -14.3. The van der Waals surface area contributed by atoms with Crippen LogP contribution in [0.25, 0.3) is 0 Å². The van der Waals surface area contributed by atoms with Gasteiger partial charge >= 0.3 is 12.4 Å². The van der Waals surface area contributed by atoms with E-state index in [1.807, 2.05) is 0 Å². The molecular formula is C80H122Cl2F8N12O14. The van der Waals surface area contributed by atoms with Crippen molar-refractivity contribution in [2.45, 2.75) is 290 Å². The predicted octanol–water partition coefficient (Wildman–Crippen LogP) is 7.70. The Bertz CT molecular complexity index is 3450. The molecule has 12 amide bonds. The quantitative estimate of drug-likeness (QED) is 0.118. The van der Waals surface area contributed by atoms with E-state index < -0.39 is 241 Å². The molecule has 116 heavy (non-hydrogen) atoms. The van der Waals surface area contributed by atoms with Gasteiger partial charge in [-0.1, -0.05) is 46.0 Å². The van der Waals surface area contributed by atoms with Crippen LogP contribution in [0.2, 0.25) is 0 Å². The summed E-state index contributed by atoms with van der Waals surface area (Å²) in [5.74, 6) is -17.1. The van der Waals surface area contributed by atoms with Crippen LogP contribution in [-0.4, -0.2) is 312 Å². The van der Waals surface area contributed by atoms with Crippen LogP contribution in [0.5, 0.6) is 0 Å². The van der Waals surface area contributed by atoms with E-state index in [1.165, 1.54) is 61.9 Å². The first-order valence-electron chi connectivity index (χ1n) is 42.0. The number of likely N-dealkylation sites (N-methyl/N-ethyl adjacent to an activating group) is 6. The number of carbonyl (C=O) groups excluding carboxylic acids is 12. The lowest BCUT2D eigenvalue weighted by atomic mass is 9.74. The Morgan fingerprint density at radius 1 is 0.578 bits per heavy atom. The van der Waals surface area contributed by atoms with E-state index in [0.29, 0.717) is 77.0 Å². The van der Waals surface area contributed by atoms with Gasteiger partial charge in [-0.2, -0.15) is 26.3 Å². The van der Waals surface area contributed by atoms with Gasteiger partial charge in [0.2, 0.25) is 70.9 Å². The van der Waals surface area contributed by atoms with E-state index in [1.54, 1.807) is 20.8 Å². The molecule has 9 fully saturated rings. The van der Waals surface area contributed by atoms with E-state index in [9.17, 15) is 35.9 Å². The minimum atomic E-state index is -5.22. The van der Waals surface area contributed by atoms with Crippen molar-refractivity contribution in [3.63, 3.8) is 0 Å². The zero-order chi connectivity index (χ0) is 85.2. The zero-order valence-electron chi connectivity index (χ0n) is 68.5. The Morgan fingerprint density at radius 2 is 1.20 bits per heavy atom. The normalized spacial score (nSPS) is 34.0. The Morgan fingerprint density at radius 3 is 1.79 bits per heavy atom. The molecule has 9 aliphatic rings. The maximum Gasteiger partial charge on any atom is 0.397 e. The Balaban J connectivity index is 1.12. The van der Waals surface area contributed by atoms with Gasteiger partial charge in [0.05, 0.1) is 50.1 Å². The summed E-state index contributed by atoms with van der Waals surface area (Å²) in [5.41, 5.74) is -1.72. The molecule has 0 aromatic heterocycles. The number of hydrogen-bond donors (Lipinski definition) is 3. The number of halogens is 10. The smallest absolute Gasteiger partial charge is 0.378 e. The maximum absolute atomic E-state index is 15.9. The average Bonchev–Trinajstić information content (AvgIpc) is 1.28. The summed E-state index contributed by atoms with van der Waals surface area (Å²) in [6.45, 7) is 3.76. The van der Waals surface area contributed by atoms with Gasteiger partial charge in [0.25, 0.3) is 0 Å². The van der Waals surface area contributed by atoms with Crippen molar-refractivity contribution in [3.8, 4) is 0 Å². The molecule has 656 valence electrons. The molecule has 4 saturated heterocycles. The van der Waals surface area contributed by atoms with Gasteiger partial charge in [-0.15, -0.1) is 23.2 Å². The third-order valence-corrected chi connectivity index (χ3v) is 27.9. The fourth-order valence-electron chi connectivity index (χ4n) is 19.2. The summed E-state index contributed by atoms with van der Waals surface area (Å²) < 4.78 is 127. The second kappa shape index (κ2) is 40.8. The molecule has 0 aromatic carbocycles. The fourth-order valence-corrected chi connectivity index (χ4v) is 19.9. The Hall–Kier alpha value is -6.42. The van der Waals surface area contributed by atoms with Crippen LogP contribution in [0.15, 0.2) is 0 Å². The number of nitrogens with one attached hydrogen (secondary N) is 3. The van der Waals surface area contributed by atoms with Crippen molar-refractivity contribution < 1.29 is 102 Å². The molecule has 9 rings (SSSR count). The van der Waals surface area contributed by atoms with Crippen molar-refractivity contribution in [1.29, 1.82) is 0 Å². The van der Waals surface area contributed by atoms with Crippen molar-refractivity contribution >= 4 is 94.1 Å². The third-order valence-electron chi connectivity index (χ3n) is 26.8. The predicted molar refractivity (Wildman–Crippen MR) is 412 cm³/mol. The number of ether oxygens (including phenoxy) is 2. The highest BCUT2D eigenvalue weighted by Crippen LogP contribution is 2.46. The maximum atomic E-state index is 15.9. The van der Waals surface area contributed by atoms with Crippen LogP contribution < -0.4 is 16.0 Å². The Labute approximate surface area is 685 Å². The topological polar surface area (TPSA) is 289 Å². The lowest BCUT2D eigenvalue weighted by molar-refractivity contribution is -0.219. The van der Waals surface area contributed by atoms with E-state index in [2.05, 4.69) is 16.0 Å². The molecule has 0 radical (unpaired) electrons. The molecule has 26 nitrogen and oxygen atoms in total. The standard InChI is InChI=1S/C80H122Cl2F8N12O14/c1-10-46(3)67-75(112)95(5)45-65(105)96(6)58-20-13-12-16-31-101(74(58)111)62(39-47-21-25-51(26-22-47)79(85,86)87)72(109)94(4)44-63(103)91-57(28-24-49-37-55(83)66(56(84)38-49)80(88,89)90)71(108)102-43-52(116-11-2)41-60(102)70(107)93-78(29-17-30-78)77(114)99(9)68(50-18-14-15-19-50)76(113)98(8)61(73(110)100-32-34-115-35-33-100)42-64(104)97(7)59(69(106)92-67)40-48-23-27-53(81)54(82)36-48/h46-62,66-68H,10-45H2,1-9H3,(H,91,103)(H,92,106)(H,93,107)/t46-,47?,48?,49?,51?,52+,53?,54?,55?,56?,57-,58-,59-,60-,61-,62-,66?,67-,68-/m0/s1. The van der Waals surface area contributed by atoms with Crippen LogP contribution in [-0.2, 0) is 67.0 Å². The number of carbonyl (C=O) groups is 12. The number of hydrogen-bond acceptors (Lipinski definition) is 14. The summed E-state index contributed by atoms with van der Waals surface area (Å²) in [5, 5.41) is 7.61. The first-order valence-corrected chi connectivity index (χ1v) is 42.8. The molecule has 36 heteroatoms. The Kier molecular flexibility index (Phi) is 32.8. The van der Waals surface area contributed by atoms with E-state index in [4.69, 9.17) is 32.7 Å². The highest BCUT2D eigenvalue weighted by atomic mass is 35.5. The zero-order valence-corrected chi connectivity index (χ0v) is 70.0. The van der Waals surface area contributed by atoms with Crippen LogP contribution in [0.4, 0.5) is 35.1 Å². The molecular weight excluding hydrogens is 1580 g/mol. The van der Waals surface area contributed by atoms with Gasteiger partial charge in [0.15, 0.2) is 0 Å². The number of alkyl halides is 10. The molecule has 1 spiro atoms. The largest absolute Gasteiger partial charge is 0.397 e. The fraction of sp³-hybridized carbons (Fsp3) is 0.850. The van der Waals surface area contributed by atoms with Gasteiger partial charge < -0.3 is 69.5 Å². The first-order chi connectivity index (χ1) is 54.7. The number of nitrogens with zero attached hydrogens (tertiary/aromatic N) is 9. The minimum absolute atomic E-state index is 0.000149. The third kappa shape index (κ3) is 22.6. The minimum Gasteiger partial charge on any atom is -0.378 e. The molecule has 5 unspecified atom stereocenters. The molecule has 5 aliphatic carbocycles. The van der Waals surface area contributed by atoms with E-state index in [0.717, 1.165) is 24.5 Å². The number of amides is 12. The molecule has 2 bridgehead atoms. The molecule has 3 N–H and O–H groups in total.